The summed E-state index contributed by atoms with van der Waals surface area (Å²) in [7, 11) is 0. The van der Waals surface area contributed by atoms with Crippen LogP contribution >= 0.6 is 0 Å². The molecule has 1 saturated carbocycles. The molecule has 4 nitrogen and oxygen atoms in total. The summed E-state index contributed by atoms with van der Waals surface area (Å²) in [5.41, 5.74) is -0.798. The summed E-state index contributed by atoms with van der Waals surface area (Å²) in [5, 5.41) is 13.0. The van der Waals surface area contributed by atoms with Crippen molar-refractivity contribution in [1.82, 2.24) is 5.32 Å². The molecule has 0 aromatic carbocycles. The third-order valence-corrected chi connectivity index (χ3v) is 3.68. The molecule has 2 N–H and O–H groups in total. The standard InChI is InChI=1S/C15H29NO3/c1-11-7-6-8-15(9-11,10-17)16-12(2)13(18)19-14(3,4)5/h11-12,16-17H,6-10H2,1-5H3. The Morgan fingerprint density at radius 3 is 2.63 bits per heavy atom. The Labute approximate surface area is 116 Å². The molecule has 1 aliphatic carbocycles. The van der Waals surface area contributed by atoms with E-state index in [2.05, 4.69) is 12.2 Å². The number of aliphatic hydroxyl groups is 1. The van der Waals surface area contributed by atoms with Crippen molar-refractivity contribution in [3.63, 3.8) is 0 Å². The first-order chi connectivity index (χ1) is 8.67. The van der Waals surface area contributed by atoms with Crippen LogP contribution in [-0.2, 0) is 9.53 Å². The summed E-state index contributed by atoms with van der Waals surface area (Å²) in [5.74, 6) is 0.331. The van der Waals surface area contributed by atoms with Gasteiger partial charge in [0.2, 0.25) is 0 Å². The Hall–Kier alpha value is -0.610. The number of carbonyl (C=O) groups excluding carboxylic acids is 1. The fourth-order valence-electron chi connectivity index (χ4n) is 2.89. The molecule has 0 radical (unpaired) electrons. The second-order valence-corrected chi connectivity index (χ2v) is 7.04. The highest BCUT2D eigenvalue weighted by Crippen LogP contribution is 2.32. The van der Waals surface area contributed by atoms with E-state index in [0.29, 0.717) is 5.92 Å². The molecule has 19 heavy (non-hydrogen) atoms. The lowest BCUT2D eigenvalue weighted by molar-refractivity contribution is -0.158. The molecule has 0 spiro atoms. The molecular weight excluding hydrogens is 242 g/mol. The van der Waals surface area contributed by atoms with Gasteiger partial charge in [-0.15, -0.1) is 0 Å². The predicted molar refractivity (Wildman–Crippen MR) is 75.9 cm³/mol. The largest absolute Gasteiger partial charge is 0.459 e. The Balaban J connectivity index is 2.62. The van der Waals surface area contributed by atoms with Gasteiger partial charge in [-0.2, -0.15) is 0 Å². The molecule has 0 aliphatic heterocycles. The smallest absolute Gasteiger partial charge is 0.323 e. The highest BCUT2D eigenvalue weighted by molar-refractivity contribution is 5.75. The van der Waals surface area contributed by atoms with Crippen LogP contribution in [0.1, 0.15) is 60.3 Å². The van der Waals surface area contributed by atoms with Crippen LogP contribution in [0.25, 0.3) is 0 Å². The molecule has 0 aromatic rings. The molecule has 3 atom stereocenters. The number of esters is 1. The first-order valence-corrected chi connectivity index (χ1v) is 7.29. The molecule has 0 bridgehead atoms. The Morgan fingerprint density at radius 1 is 1.53 bits per heavy atom. The van der Waals surface area contributed by atoms with Gasteiger partial charge < -0.3 is 9.84 Å². The van der Waals surface area contributed by atoms with Crippen LogP contribution < -0.4 is 5.32 Å². The minimum Gasteiger partial charge on any atom is -0.459 e. The molecule has 1 fully saturated rings. The van der Waals surface area contributed by atoms with Gasteiger partial charge in [0.25, 0.3) is 0 Å². The summed E-state index contributed by atoms with van der Waals surface area (Å²) >= 11 is 0. The summed E-state index contributed by atoms with van der Waals surface area (Å²) in [6, 6.07) is -0.392. The number of aliphatic hydroxyl groups excluding tert-OH is 1. The quantitative estimate of drug-likeness (QED) is 0.770. The van der Waals surface area contributed by atoms with Gasteiger partial charge in [-0.05, 0) is 46.5 Å². The Kier molecular flexibility index (Phi) is 5.39. The van der Waals surface area contributed by atoms with Crippen molar-refractivity contribution in [3.05, 3.63) is 0 Å². The van der Waals surface area contributed by atoms with E-state index >= 15 is 0 Å². The number of hydrogen-bond donors (Lipinski definition) is 2. The number of rotatable bonds is 4. The lowest BCUT2D eigenvalue weighted by Crippen LogP contribution is -2.57. The lowest BCUT2D eigenvalue weighted by atomic mass is 9.76. The number of carbonyl (C=O) groups is 1. The summed E-state index contributed by atoms with van der Waals surface area (Å²) in [6.45, 7) is 9.67. The average Bonchev–Trinajstić information content (AvgIpc) is 2.26. The molecule has 0 heterocycles. The maximum absolute atomic E-state index is 12.0. The van der Waals surface area contributed by atoms with E-state index in [1.54, 1.807) is 0 Å². The first kappa shape index (κ1) is 16.4. The van der Waals surface area contributed by atoms with Gasteiger partial charge in [0.05, 0.1) is 6.61 Å². The van der Waals surface area contributed by atoms with E-state index in [0.717, 1.165) is 19.3 Å². The molecule has 1 rings (SSSR count). The molecule has 1 aliphatic rings. The van der Waals surface area contributed by atoms with Gasteiger partial charge in [0.1, 0.15) is 11.6 Å². The molecule has 0 aromatic heterocycles. The van der Waals surface area contributed by atoms with E-state index in [-0.39, 0.29) is 18.1 Å². The van der Waals surface area contributed by atoms with E-state index in [4.69, 9.17) is 4.74 Å². The van der Waals surface area contributed by atoms with Gasteiger partial charge in [0.15, 0.2) is 0 Å². The van der Waals surface area contributed by atoms with Crippen LogP contribution in [0.15, 0.2) is 0 Å². The van der Waals surface area contributed by atoms with Crippen molar-refractivity contribution in [2.24, 2.45) is 5.92 Å². The third kappa shape index (κ3) is 5.11. The van der Waals surface area contributed by atoms with Gasteiger partial charge in [-0.25, -0.2) is 0 Å². The van der Waals surface area contributed by atoms with Crippen LogP contribution in [0.3, 0.4) is 0 Å². The first-order valence-electron chi connectivity index (χ1n) is 7.29. The SMILES string of the molecule is CC1CCCC(CO)(NC(C)C(=O)OC(C)(C)C)C1. The van der Waals surface area contributed by atoms with E-state index in [9.17, 15) is 9.90 Å². The van der Waals surface area contributed by atoms with Gasteiger partial charge >= 0.3 is 5.97 Å². The van der Waals surface area contributed by atoms with Crippen molar-refractivity contribution in [3.8, 4) is 0 Å². The summed E-state index contributed by atoms with van der Waals surface area (Å²) in [4.78, 5) is 12.0. The van der Waals surface area contributed by atoms with Gasteiger partial charge in [0, 0.05) is 5.54 Å². The monoisotopic (exact) mass is 271 g/mol. The Morgan fingerprint density at radius 2 is 2.16 bits per heavy atom. The van der Waals surface area contributed by atoms with Crippen molar-refractivity contribution < 1.29 is 14.6 Å². The van der Waals surface area contributed by atoms with Crippen molar-refractivity contribution in [2.75, 3.05) is 6.61 Å². The van der Waals surface area contributed by atoms with Crippen LogP contribution in [0.2, 0.25) is 0 Å². The van der Waals surface area contributed by atoms with Gasteiger partial charge in [-0.3, -0.25) is 10.1 Å². The lowest BCUT2D eigenvalue weighted by Gasteiger charge is -2.41. The van der Waals surface area contributed by atoms with E-state index in [1.807, 2.05) is 27.7 Å². The highest BCUT2D eigenvalue weighted by Gasteiger charge is 2.37. The zero-order chi connectivity index (χ0) is 14.7. The fourth-order valence-corrected chi connectivity index (χ4v) is 2.89. The highest BCUT2D eigenvalue weighted by atomic mass is 16.6. The molecule has 0 saturated heterocycles. The number of ether oxygens (including phenoxy) is 1. The van der Waals surface area contributed by atoms with Crippen molar-refractivity contribution >= 4 is 5.97 Å². The average molecular weight is 271 g/mol. The van der Waals surface area contributed by atoms with E-state index in [1.165, 1.54) is 6.42 Å². The molecule has 4 heteroatoms. The zero-order valence-corrected chi connectivity index (χ0v) is 13.0. The number of hydrogen-bond acceptors (Lipinski definition) is 4. The molecule has 0 amide bonds. The van der Waals surface area contributed by atoms with Crippen LogP contribution in [-0.4, -0.2) is 34.9 Å². The predicted octanol–water partition coefficient (Wildman–Crippen LogP) is 2.25. The minimum atomic E-state index is -0.473. The topological polar surface area (TPSA) is 58.6 Å². The second kappa shape index (κ2) is 6.23. The number of nitrogens with one attached hydrogen (secondary N) is 1. The van der Waals surface area contributed by atoms with Crippen LogP contribution in [0.4, 0.5) is 0 Å². The maximum Gasteiger partial charge on any atom is 0.323 e. The maximum atomic E-state index is 12.0. The van der Waals surface area contributed by atoms with Crippen molar-refractivity contribution in [1.29, 1.82) is 0 Å². The normalized spacial score (nSPS) is 29.9. The van der Waals surface area contributed by atoms with Gasteiger partial charge in [-0.1, -0.05) is 19.8 Å². The fraction of sp³-hybridized carbons (Fsp3) is 0.933. The van der Waals surface area contributed by atoms with E-state index < -0.39 is 11.6 Å². The Bertz CT molecular complexity index is 311. The second-order valence-electron chi connectivity index (χ2n) is 7.04. The molecule has 112 valence electrons. The minimum absolute atomic E-state index is 0.0739. The van der Waals surface area contributed by atoms with Crippen molar-refractivity contribution in [2.45, 2.75) is 77.5 Å². The van der Waals surface area contributed by atoms with Crippen LogP contribution in [0, 0.1) is 5.92 Å². The molecular formula is C15H29NO3. The summed E-state index contributed by atoms with van der Waals surface area (Å²) < 4.78 is 5.37. The zero-order valence-electron chi connectivity index (χ0n) is 13.0. The van der Waals surface area contributed by atoms with Crippen LogP contribution in [0.5, 0.6) is 0 Å². The third-order valence-electron chi connectivity index (χ3n) is 3.68. The molecule has 3 unspecified atom stereocenters. The summed E-state index contributed by atoms with van der Waals surface area (Å²) in [6.07, 6.45) is 4.12.